The van der Waals surface area contributed by atoms with Gasteiger partial charge in [0.15, 0.2) is 6.29 Å². The van der Waals surface area contributed by atoms with Crippen LogP contribution in [0.3, 0.4) is 0 Å². The molecule has 0 atom stereocenters. The third-order valence-corrected chi connectivity index (χ3v) is 19.5. The molecule has 27 heteroatoms. The number of hydrogen-bond donors (Lipinski definition) is 2. The Morgan fingerprint density at radius 1 is 0.425 bits per heavy atom. The lowest BCUT2D eigenvalue weighted by Crippen LogP contribution is -2.41. The van der Waals surface area contributed by atoms with Gasteiger partial charge in [0.05, 0.1) is 44.1 Å². The minimum atomic E-state index is -1.38. The number of nitrogens with zero attached hydrogens (tertiary/aromatic N) is 2. The summed E-state index contributed by atoms with van der Waals surface area (Å²) in [5, 5.41) is 14.0. The maximum Gasteiger partial charge on any atom is 0.495 e. The van der Waals surface area contributed by atoms with E-state index in [1.807, 2.05) is 74.4 Å². The molecule has 0 saturated carbocycles. The molecule has 0 unspecified atom stereocenters. The first-order valence-corrected chi connectivity index (χ1v) is 38.1. The van der Waals surface area contributed by atoms with E-state index in [9.17, 15) is 53.9 Å². The number of carbonyl (C=O) groups is 3. The highest BCUT2D eigenvalue weighted by Crippen LogP contribution is 2.39. The van der Waals surface area contributed by atoms with E-state index in [2.05, 4.69) is 43.2 Å². The second-order valence-electron chi connectivity index (χ2n) is 27.2. The maximum atomic E-state index is 15.0. The van der Waals surface area contributed by atoms with Gasteiger partial charge in [-0.3, -0.25) is 24.6 Å². The average Bonchev–Trinajstić information content (AvgIpc) is 1.58. The number of aldehydes is 1. The van der Waals surface area contributed by atoms with Crippen LogP contribution in [0.1, 0.15) is 185 Å². The van der Waals surface area contributed by atoms with Gasteiger partial charge in [0.25, 0.3) is 0 Å². The van der Waals surface area contributed by atoms with Crippen molar-refractivity contribution in [1.29, 1.82) is 0 Å². The number of fused-ring (bicyclic) bond motifs is 2. The molecule has 113 heavy (non-hydrogen) atoms. The quantitative estimate of drug-likeness (QED) is 0.0172. The molecule has 10 aromatic rings. The molecular weight excluding hydrogens is 1550 g/mol. The van der Waals surface area contributed by atoms with Crippen LogP contribution in [-0.4, -0.2) is 109 Å². The molecule has 3 heterocycles. The molecule has 2 N–H and O–H groups in total. The molecule has 0 spiro atoms. The molecule has 0 aliphatic carbocycles. The number of rotatable bonds is 26. The van der Waals surface area contributed by atoms with Gasteiger partial charge in [-0.25, -0.2) is 43.9 Å². The van der Waals surface area contributed by atoms with Gasteiger partial charge in [-0.1, -0.05) is 67.9 Å². The van der Waals surface area contributed by atoms with Crippen LogP contribution in [0.15, 0.2) is 102 Å². The highest BCUT2D eigenvalue weighted by atomic mass is 79.9. The molecular formula is C86H96BBrF10N4O11. The molecule has 1 fully saturated rings. The smallest absolute Gasteiger partial charge is 0.399 e. The van der Waals surface area contributed by atoms with Gasteiger partial charge in [0, 0.05) is 44.1 Å². The number of carbonyl (C=O) groups excluding carboxylic acids is 3. The zero-order valence-corrected chi connectivity index (χ0v) is 68.3. The highest BCUT2D eigenvalue weighted by Gasteiger charge is 2.52. The lowest BCUT2D eigenvalue weighted by molar-refractivity contribution is -0.141. The second kappa shape index (κ2) is 41.0. The number of H-pyrrole nitrogens is 2. The molecule has 1 aliphatic heterocycles. The van der Waals surface area contributed by atoms with Gasteiger partial charge in [-0.05, 0) is 279 Å². The Hall–Kier alpha value is -8.77. The summed E-state index contributed by atoms with van der Waals surface area (Å²) in [4.78, 5) is 35.3. The highest BCUT2D eigenvalue weighted by molar-refractivity contribution is 9.10. The van der Waals surface area contributed by atoms with Gasteiger partial charge in [0.1, 0.15) is 69.6 Å². The first-order valence-electron chi connectivity index (χ1n) is 37.3. The summed E-state index contributed by atoms with van der Waals surface area (Å²) in [7, 11) is -0.491. The predicted molar refractivity (Wildman–Crippen MR) is 421 cm³/mol. The summed E-state index contributed by atoms with van der Waals surface area (Å²) in [6.45, 7) is 34.6. The van der Waals surface area contributed by atoms with E-state index >= 15 is 4.39 Å². The van der Waals surface area contributed by atoms with Crippen molar-refractivity contribution < 1.29 is 96.0 Å². The van der Waals surface area contributed by atoms with E-state index in [-0.39, 0.29) is 65.0 Å². The lowest BCUT2D eigenvalue weighted by atomic mass is 9.75. The van der Waals surface area contributed by atoms with Gasteiger partial charge in [-0.2, -0.15) is 10.2 Å². The first-order chi connectivity index (χ1) is 53.6. The molecule has 8 aromatic carbocycles. The van der Waals surface area contributed by atoms with Crippen LogP contribution in [0.2, 0.25) is 0 Å². The number of ether oxygens (including phenoxy) is 6. The molecule has 0 amide bonds. The number of aromatic amines is 2. The molecule has 1 aliphatic rings. The Morgan fingerprint density at radius 2 is 0.743 bits per heavy atom. The topological polar surface area (TPSA) is 182 Å². The molecule has 0 radical (unpaired) electrons. The van der Waals surface area contributed by atoms with Crippen LogP contribution < -0.4 is 5.46 Å². The van der Waals surface area contributed by atoms with Gasteiger partial charge in [0.2, 0.25) is 30.4 Å². The Kier molecular flexibility index (Phi) is 33.2. The molecule has 2 aromatic heterocycles. The third-order valence-electron chi connectivity index (χ3n) is 19.0. The van der Waals surface area contributed by atoms with Crippen molar-refractivity contribution in [1.82, 2.24) is 20.4 Å². The number of ketones is 2. The van der Waals surface area contributed by atoms with Gasteiger partial charge < -0.3 is 37.7 Å². The summed E-state index contributed by atoms with van der Waals surface area (Å²) < 4.78 is 185. The van der Waals surface area contributed by atoms with Crippen LogP contribution in [0.5, 0.6) is 0 Å². The zero-order valence-electron chi connectivity index (χ0n) is 66.7. The fourth-order valence-electron chi connectivity index (χ4n) is 12.5. The second-order valence-corrected chi connectivity index (χ2v) is 28.1. The fourth-order valence-corrected chi connectivity index (χ4v) is 12.9. The molecule has 15 nitrogen and oxygen atoms in total. The minimum absolute atomic E-state index is 0.102. The van der Waals surface area contributed by atoms with Crippen molar-refractivity contribution in [2.45, 2.75) is 180 Å². The number of halogens is 11. The van der Waals surface area contributed by atoms with Crippen LogP contribution in [-0.2, 0) is 63.4 Å². The van der Waals surface area contributed by atoms with Crippen molar-refractivity contribution in [3.05, 3.63) is 227 Å². The van der Waals surface area contributed by atoms with E-state index in [1.165, 1.54) is 30.3 Å². The van der Waals surface area contributed by atoms with Crippen molar-refractivity contribution in [2.75, 3.05) is 39.6 Å². The van der Waals surface area contributed by atoms with E-state index < -0.39 is 101 Å². The van der Waals surface area contributed by atoms with E-state index in [4.69, 9.17) is 37.7 Å². The van der Waals surface area contributed by atoms with Gasteiger partial charge in [-0.15, -0.1) is 0 Å². The normalized spacial score (nSPS) is 12.9. The maximum absolute atomic E-state index is 15.0. The monoisotopic (exact) mass is 1640 g/mol. The number of hydrogen-bond acceptors (Lipinski definition) is 13. The van der Waals surface area contributed by atoms with Crippen molar-refractivity contribution in [3.8, 4) is 33.4 Å². The SMILES string of the molecule is CCOC(OCC)C(=O)c1c(F)cc(-c2cc(F)c(C)cc2CC)cc1F.CCOC(OCC)C(=O)c1c(F)cc(Br)cc1F.CCOC(OCC)c1[nH]nc2cc(-c3cc(F)c(C)cc3CC)cc(F)c12.CCc1cc(C)c(F)cc1-c1cc(F)c2c(C=O)[nH]nc2c1.CCc1cc(C)c(F)cc1B1OC(C)(C)C(C)(C)O1. The average molecular weight is 1640 g/mol. The summed E-state index contributed by atoms with van der Waals surface area (Å²) >= 11 is 2.94. The summed E-state index contributed by atoms with van der Waals surface area (Å²) in [6, 6.07) is 23.1. The lowest BCUT2D eigenvalue weighted by Gasteiger charge is -2.32. The Balaban J connectivity index is 0.000000198. The summed E-state index contributed by atoms with van der Waals surface area (Å²) in [6.07, 6.45) is -0.0235. The third kappa shape index (κ3) is 21.8. The summed E-state index contributed by atoms with van der Waals surface area (Å²) in [5.41, 5.74) is 9.00. The van der Waals surface area contributed by atoms with Crippen molar-refractivity contribution in [3.63, 3.8) is 0 Å². The number of aromatic nitrogens is 4. The van der Waals surface area contributed by atoms with E-state index in [0.29, 0.717) is 105 Å². The molecule has 0 bridgehead atoms. The van der Waals surface area contributed by atoms with Gasteiger partial charge >= 0.3 is 7.12 Å². The molecule has 1 saturated heterocycles. The number of aryl methyl sites for hydroxylation is 8. The van der Waals surface area contributed by atoms with E-state index in [0.717, 1.165) is 64.8 Å². The van der Waals surface area contributed by atoms with E-state index in [1.54, 1.807) is 85.7 Å². The number of nitrogens with one attached hydrogen (secondary N) is 2. The number of benzene rings is 8. The minimum Gasteiger partial charge on any atom is -0.399 e. The van der Waals surface area contributed by atoms with Crippen LogP contribution >= 0.6 is 15.9 Å². The molecule has 606 valence electrons. The van der Waals surface area contributed by atoms with Crippen LogP contribution in [0, 0.1) is 85.9 Å². The fraction of sp³-hybridized carbons (Fsp3) is 0.384. The van der Waals surface area contributed by atoms with Crippen LogP contribution in [0.4, 0.5) is 43.9 Å². The van der Waals surface area contributed by atoms with Crippen LogP contribution in [0.25, 0.3) is 55.2 Å². The summed E-state index contributed by atoms with van der Waals surface area (Å²) in [5.74, 6) is -8.06. The standard InChI is InChI=1S/C21H23F3O3.C21H24F2N2O2.C17H14F2N2O.C15H22BFO2.C12H13BrF2O3/c1-5-13-8-12(4)16(22)11-15(13)14-9-17(23)19(18(24)10-14)20(25)21(26-6-2)27-7-3;1-5-13-8-12(4)16(22)11-15(13)14-9-17(23)19-18(10-14)24-25-20(19)21(26-6-2)27-7-3;1-3-10-4-9(2)13(18)7-12(10)11-5-14(19)17-15(6-11)20-21-16(17)8-22;1-7-11-8-10(2)13(17)9-12(11)16-18-14(3,4)15(5,6)19-16;1-3-17-12(18-4-2)11(16)10-8(14)5-7(13)6-9(10)15/h8-11,21H,5-7H2,1-4H3;8-11,21H,5-7H2,1-4H3,(H,24,25);4-8H,3H2,1-2H3,(H,20,21);8-9H,7H2,1-6H3;5-6,12H,3-4H2,1-2H3. The first kappa shape index (κ1) is 91.4. The Morgan fingerprint density at radius 3 is 1.11 bits per heavy atom. The predicted octanol–water partition coefficient (Wildman–Crippen LogP) is 21.2. The Bertz CT molecular complexity index is 4940. The molecule has 11 rings (SSSR count). The van der Waals surface area contributed by atoms with Crippen molar-refractivity contribution in [2.24, 2.45) is 0 Å². The number of Topliss-reactive ketones (excluding diaryl/α,β-unsaturated/α-hetero) is 2. The largest absolute Gasteiger partial charge is 0.495 e. The Labute approximate surface area is 661 Å². The zero-order chi connectivity index (χ0) is 83.7. The van der Waals surface area contributed by atoms with Crippen molar-refractivity contribution >= 4 is 68.2 Å².